The molecule has 2 rings (SSSR count). The van der Waals surface area contributed by atoms with E-state index >= 15 is 0 Å². The number of rotatable bonds is 5. The summed E-state index contributed by atoms with van der Waals surface area (Å²) in [5.41, 5.74) is 1.21. The fourth-order valence-corrected chi connectivity index (χ4v) is 1.98. The predicted octanol–water partition coefficient (Wildman–Crippen LogP) is 3.71. The molecule has 0 spiro atoms. The van der Waals surface area contributed by atoms with Crippen LogP contribution in [-0.4, -0.2) is 12.5 Å². The number of halogens is 3. The van der Waals surface area contributed by atoms with Crippen LogP contribution in [0.25, 0.3) is 0 Å². The van der Waals surface area contributed by atoms with E-state index in [0.29, 0.717) is 6.54 Å². The van der Waals surface area contributed by atoms with Crippen LogP contribution in [0.15, 0.2) is 48.5 Å². The first-order valence-electron chi connectivity index (χ1n) is 6.97. The molecule has 0 fully saturated rings. The van der Waals surface area contributed by atoms with Crippen molar-refractivity contribution in [3.63, 3.8) is 0 Å². The maximum Gasteiger partial charge on any atom is 0.416 e. The standard InChI is InChI=1S/C17H16F3NO2/c1-12-4-2-5-13(8-12)10-21-16(22)11-23-15-7-3-6-14(9-15)17(18,19)20/h2-9H,10-11H2,1H3,(H,21,22). The molecule has 0 aliphatic heterocycles. The Labute approximate surface area is 132 Å². The Hall–Kier alpha value is -2.50. The number of hydrogen-bond donors (Lipinski definition) is 1. The molecule has 3 nitrogen and oxygen atoms in total. The Balaban J connectivity index is 1.85. The van der Waals surface area contributed by atoms with Crippen LogP contribution in [0.4, 0.5) is 13.2 Å². The molecular formula is C17H16F3NO2. The zero-order valence-corrected chi connectivity index (χ0v) is 12.5. The van der Waals surface area contributed by atoms with Gasteiger partial charge < -0.3 is 10.1 Å². The van der Waals surface area contributed by atoms with Crippen molar-refractivity contribution >= 4 is 5.91 Å². The van der Waals surface area contributed by atoms with Crippen LogP contribution in [0.3, 0.4) is 0 Å². The highest BCUT2D eigenvalue weighted by Gasteiger charge is 2.30. The molecule has 0 radical (unpaired) electrons. The van der Waals surface area contributed by atoms with Gasteiger partial charge in [0.1, 0.15) is 5.75 Å². The molecule has 2 aromatic carbocycles. The second kappa shape index (κ2) is 7.17. The lowest BCUT2D eigenvalue weighted by molar-refractivity contribution is -0.137. The van der Waals surface area contributed by atoms with E-state index in [0.717, 1.165) is 23.3 Å². The SMILES string of the molecule is Cc1cccc(CNC(=O)COc2cccc(C(F)(F)F)c2)c1. The van der Waals surface area contributed by atoms with Gasteiger partial charge in [0.05, 0.1) is 5.56 Å². The lowest BCUT2D eigenvalue weighted by Crippen LogP contribution is -2.28. The highest BCUT2D eigenvalue weighted by molar-refractivity contribution is 5.77. The van der Waals surface area contributed by atoms with E-state index in [1.165, 1.54) is 12.1 Å². The summed E-state index contributed by atoms with van der Waals surface area (Å²) in [4.78, 5) is 11.7. The van der Waals surface area contributed by atoms with E-state index < -0.39 is 17.6 Å². The molecule has 0 unspecified atom stereocenters. The van der Waals surface area contributed by atoms with Crippen molar-refractivity contribution in [3.8, 4) is 5.75 Å². The number of carbonyl (C=O) groups excluding carboxylic acids is 1. The van der Waals surface area contributed by atoms with Gasteiger partial charge in [0.2, 0.25) is 0 Å². The Kier molecular flexibility index (Phi) is 5.26. The minimum absolute atomic E-state index is 0.00512. The number of carbonyl (C=O) groups is 1. The minimum atomic E-state index is -4.44. The molecule has 1 amide bonds. The quantitative estimate of drug-likeness (QED) is 0.911. The van der Waals surface area contributed by atoms with E-state index in [-0.39, 0.29) is 12.4 Å². The van der Waals surface area contributed by atoms with E-state index in [1.54, 1.807) is 0 Å². The van der Waals surface area contributed by atoms with Crippen LogP contribution in [0.5, 0.6) is 5.75 Å². The van der Waals surface area contributed by atoms with E-state index in [4.69, 9.17) is 4.74 Å². The first-order chi connectivity index (χ1) is 10.8. The zero-order valence-electron chi connectivity index (χ0n) is 12.5. The summed E-state index contributed by atoms with van der Waals surface area (Å²) in [5, 5.41) is 2.66. The average molecular weight is 323 g/mol. The van der Waals surface area contributed by atoms with E-state index in [9.17, 15) is 18.0 Å². The number of amides is 1. The highest BCUT2D eigenvalue weighted by Crippen LogP contribution is 2.31. The van der Waals surface area contributed by atoms with Crippen LogP contribution in [0.1, 0.15) is 16.7 Å². The Bertz CT molecular complexity index is 684. The topological polar surface area (TPSA) is 38.3 Å². The molecule has 0 aliphatic rings. The smallest absolute Gasteiger partial charge is 0.416 e. The van der Waals surface area contributed by atoms with Crippen LogP contribution in [0, 0.1) is 6.92 Å². The molecule has 6 heteroatoms. The summed E-state index contributed by atoms with van der Waals surface area (Å²) >= 11 is 0. The van der Waals surface area contributed by atoms with Gasteiger partial charge in [-0.3, -0.25) is 4.79 Å². The van der Waals surface area contributed by atoms with Crippen molar-refractivity contribution in [1.82, 2.24) is 5.32 Å². The highest BCUT2D eigenvalue weighted by atomic mass is 19.4. The largest absolute Gasteiger partial charge is 0.484 e. The molecule has 0 aliphatic carbocycles. The molecule has 0 atom stereocenters. The average Bonchev–Trinajstić information content (AvgIpc) is 2.50. The third kappa shape index (κ3) is 5.32. The molecule has 2 aromatic rings. The molecular weight excluding hydrogens is 307 g/mol. The minimum Gasteiger partial charge on any atom is -0.484 e. The molecule has 0 aromatic heterocycles. The maximum atomic E-state index is 12.6. The number of aryl methyl sites for hydroxylation is 1. The number of hydrogen-bond acceptors (Lipinski definition) is 2. The molecule has 1 N–H and O–H groups in total. The number of benzene rings is 2. The Morgan fingerprint density at radius 3 is 2.57 bits per heavy atom. The van der Waals surface area contributed by atoms with Crippen molar-refractivity contribution in [2.24, 2.45) is 0 Å². The van der Waals surface area contributed by atoms with Gasteiger partial charge in [-0.2, -0.15) is 13.2 Å². The van der Waals surface area contributed by atoms with Gasteiger partial charge in [-0.05, 0) is 30.7 Å². The summed E-state index contributed by atoms with van der Waals surface area (Å²) in [6.45, 7) is 1.95. The van der Waals surface area contributed by atoms with Crippen molar-refractivity contribution < 1.29 is 22.7 Å². The second-order valence-corrected chi connectivity index (χ2v) is 5.08. The number of ether oxygens (including phenoxy) is 1. The fraction of sp³-hybridized carbons (Fsp3) is 0.235. The van der Waals surface area contributed by atoms with Crippen LogP contribution < -0.4 is 10.1 Å². The monoisotopic (exact) mass is 323 g/mol. The van der Waals surface area contributed by atoms with Gasteiger partial charge >= 0.3 is 6.18 Å². The third-order valence-corrected chi connectivity index (χ3v) is 3.10. The summed E-state index contributed by atoms with van der Waals surface area (Å²) in [6.07, 6.45) is -4.44. The van der Waals surface area contributed by atoms with Gasteiger partial charge in [-0.25, -0.2) is 0 Å². The first kappa shape index (κ1) is 16.9. The first-order valence-corrected chi connectivity index (χ1v) is 6.97. The van der Waals surface area contributed by atoms with Crippen LogP contribution >= 0.6 is 0 Å². The molecule has 0 heterocycles. The molecule has 23 heavy (non-hydrogen) atoms. The third-order valence-electron chi connectivity index (χ3n) is 3.10. The fourth-order valence-electron chi connectivity index (χ4n) is 1.98. The number of alkyl halides is 3. The molecule has 0 bridgehead atoms. The van der Waals surface area contributed by atoms with Gasteiger partial charge in [0.25, 0.3) is 5.91 Å². The zero-order chi connectivity index (χ0) is 16.9. The number of nitrogens with one attached hydrogen (secondary N) is 1. The van der Waals surface area contributed by atoms with Crippen molar-refractivity contribution in [1.29, 1.82) is 0 Å². The lowest BCUT2D eigenvalue weighted by atomic mass is 10.1. The second-order valence-electron chi connectivity index (χ2n) is 5.08. The summed E-state index contributed by atoms with van der Waals surface area (Å²) < 4.78 is 42.8. The van der Waals surface area contributed by atoms with E-state index in [2.05, 4.69) is 5.32 Å². The Morgan fingerprint density at radius 1 is 1.13 bits per heavy atom. The predicted molar refractivity (Wildman–Crippen MR) is 80.0 cm³/mol. The summed E-state index contributed by atoms with van der Waals surface area (Å²) in [5.74, 6) is -0.394. The maximum absolute atomic E-state index is 12.6. The van der Waals surface area contributed by atoms with Gasteiger partial charge in [-0.1, -0.05) is 35.9 Å². The Morgan fingerprint density at radius 2 is 1.87 bits per heavy atom. The van der Waals surface area contributed by atoms with Crippen molar-refractivity contribution in [2.45, 2.75) is 19.6 Å². The van der Waals surface area contributed by atoms with Crippen molar-refractivity contribution in [2.75, 3.05) is 6.61 Å². The molecule has 0 saturated heterocycles. The van der Waals surface area contributed by atoms with Crippen LogP contribution in [-0.2, 0) is 17.5 Å². The van der Waals surface area contributed by atoms with Gasteiger partial charge in [0, 0.05) is 6.54 Å². The molecule has 122 valence electrons. The van der Waals surface area contributed by atoms with Gasteiger partial charge in [0.15, 0.2) is 6.61 Å². The summed E-state index contributed by atoms with van der Waals surface area (Å²) in [6, 6.07) is 12.1. The molecule has 0 saturated carbocycles. The normalized spacial score (nSPS) is 11.1. The van der Waals surface area contributed by atoms with Crippen molar-refractivity contribution in [3.05, 3.63) is 65.2 Å². The summed E-state index contributed by atoms with van der Waals surface area (Å²) in [7, 11) is 0. The van der Waals surface area contributed by atoms with E-state index in [1.807, 2.05) is 31.2 Å². The van der Waals surface area contributed by atoms with Crippen LogP contribution in [0.2, 0.25) is 0 Å². The van der Waals surface area contributed by atoms with Gasteiger partial charge in [-0.15, -0.1) is 0 Å². The lowest BCUT2D eigenvalue weighted by Gasteiger charge is -2.10.